The van der Waals surface area contributed by atoms with E-state index in [0.717, 1.165) is 0 Å². The van der Waals surface area contributed by atoms with Gasteiger partial charge in [0.15, 0.2) is 0 Å². The van der Waals surface area contributed by atoms with Gasteiger partial charge in [-0.05, 0) is 40.7 Å². The zero-order valence-corrected chi connectivity index (χ0v) is 12.2. The molecule has 0 radical (unpaired) electrons. The molecule has 1 heterocycles. The smallest absolute Gasteiger partial charge is 0.333 e. The first-order valence-corrected chi connectivity index (χ1v) is 6.44. The first-order chi connectivity index (χ1) is 8.75. The van der Waals surface area contributed by atoms with E-state index in [1.165, 1.54) is 0 Å². The highest BCUT2D eigenvalue weighted by Gasteiger charge is 2.39. The third kappa shape index (κ3) is 5.03. The predicted molar refractivity (Wildman–Crippen MR) is 69.5 cm³/mol. The summed E-state index contributed by atoms with van der Waals surface area (Å²) < 4.78 is 15.3. The van der Waals surface area contributed by atoms with Crippen LogP contribution in [0.5, 0.6) is 0 Å². The Morgan fingerprint density at radius 1 is 1.26 bits per heavy atom. The summed E-state index contributed by atoms with van der Waals surface area (Å²) in [7, 11) is 0. The van der Waals surface area contributed by atoms with Gasteiger partial charge in [0.1, 0.15) is 18.8 Å². The lowest BCUT2D eigenvalue weighted by Gasteiger charge is -2.15. The van der Waals surface area contributed by atoms with E-state index in [4.69, 9.17) is 14.2 Å². The second-order valence-electron chi connectivity index (χ2n) is 5.56. The van der Waals surface area contributed by atoms with Crippen LogP contribution in [-0.2, 0) is 23.8 Å². The number of ether oxygens (including phenoxy) is 3. The van der Waals surface area contributed by atoms with Crippen LogP contribution in [0.25, 0.3) is 0 Å². The van der Waals surface area contributed by atoms with Crippen LogP contribution < -0.4 is 0 Å². The number of esters is 2. The monoisotopic (exact) mass is 270 g/mol. The van der Waals surface area contributed by atoms with Crippen molar-refractivity contribution in [3.63, 3.8) is 0 Å². The minimum absolute atomic E-state index is 0.157. The molecule has 0 unspecified atom stereocenters. The number of hydrogen-bond acceptors (Lipinski definition) is 5. The van der Waals surface area contributed by atoms with Gasteiger partial charge in [-0.15, -0.1) is 0 Å². The lowest BCUT2D eigenvalue weighted by atomic mass is 9.97. The van der Waals surface area contributed by atoms with Gasteiger partial charge < -0.3 is 14.2 Å². The highest BCUT2D eigenvalue weighted by Crippen LogP contribution is 2.26. The van der Waals surface area contributed by atoms with Gasteiger partial charge in [0.05, 0.1) is 12.0 Å². The van der Waals surface area contributed by atoms with Crippen LogP contribution in [-0.4, -0.2) is 37.4 Å². The van der Waals surface area contributed by atoms with Crippen LogP contribution in [0.4, 0.5) is 0 Å². The number of hydrogen-bond donors (Lipinski definition) is 0. The first-order valence-electron chi connectivity index (χ1n) is 6.44. The fraction of sp³-hybridized carbons (Fsp3) is 0.714. The third-order valence-corrected chi connectivity index (χ3v) is 2.62. The number of carbonyl (C=O) groups excluding carboxylic acids is 2. The number of epoxide rings is 1. The molecule has 2 atom stereocenters. The molecule has 1 saturated heterocycles. The molecule has 5 heteroatoms. The Morgan fingerprint density at radius 2 is 1.89 bits per heavy atom. The maximum absolute atomic E-state index is 11.6. The highest BCUT2D eigenvalue weighted by atomic mass is 16.6. The largest absolute Gasteiger partial charge is 0.463 e. The molecule has 5 nitrogen and oxygen atoms in total. The zero-order valence-electron chi connectivity index (χ0n) is 12.2. The molecule has 1 aliphatic rings. The molecular formula is C14H22O5. The maximum atomic E-state index is 11.6. The van der Waals surface area contributed by atoms with Crippen molar-refractivity contribution in [3.05, 3.63) is 11.6 Å². The summed E-state index contributed by atoms with van der Waals surface area (Å²) >= 11 is 0. The molecule has 0 amide bonds. The van der Waals surface area contributed by atoms with Gasteiger partial charge in [0.2, 0.25) is 0 Å². The Hall–Kier alpha value is -1.36. The van der Waals surface area contributed by atoms with Crippen molar-refractivity contribution in [3.8, 4) is 0 Å². The second-order valence-corrected chi connectivity index (χ2v) is 5.56. The second kappa shape index (κ2) is 6.19. The Balaban J connectivity index is 2.34. The molecule has 108 valence electrons. The average Bonchev–Trinajstić information content (AvgIpc) is 3.03. The summed E-state index contributed by atoms with van der Waals surface area (Å²) in [5, 5.41) is 0. The minimum atomic E-state index is -0.513. The van der Waals surface area contributed by atoms with Crippen LogP contribution in [0.2, 0.25) is 0 Å². The first kappa shape index (κ1) is 15.7. The molecule has 0 bridgehead atoms. The van der Waals surface area contributed by atoms with Gasteiger partial charge in [-0.3, -0.25) is 4.79 Å². The van der Waals surface area contributed by atoms with Crippen molar-refractivity contribution < 1.29 is 23.8 Å². The summed E-state index contributed by atoms with van der Waals surface area (Å²) in [6.07, 6.45) is 1.38. The van der Waals surface area contributed by atoms with Gasteiger partial charge in [-0.25, -0.2) is 4.79 Å². The highest BCUT2D eigenvalue weighted by molar-refractivity contribution is 5.87. The topological polar surface area (TPSA) is 65.1 Å². The summed E-state index contributed by atoms with van der Waals surface area (Å²) in [4.78, 5) is 22.9. The number of rotatable bonds is 5. The summed E-state index contributed by atoms with van der Waals surface area (Å²) in [6.45, 7) is 9.39. The lowest BCUT2D eigenvalue weighted by Crippen LogP contribution is -2.24. The van der Waals surface area contributed by atoms with Gasteiger partial charge in [0, 0.05) is 5.57 Å². The van der Waals surface area contributed by atoms with E-state index < -0.39 is 5.41 Å². The van der Waals surface area contributed by atoms with Crippen molar-refractivity contribution in [1.29, 1.82) is 0 Å². The molecule has 1 rings (SSSR count). The maximum Gasteiger partial charge on any atom is 0.333 e. The molecule has 0 aliphatic carbocycles. The standard InChI is InChI=1S/C14H22O5/c1-6-17-12(15)9(2)7-10-11(19-10)8-18-13(16)14(3,4)5/h7,10-11H,6,8H2,1-5H3/b9-7+/t10-,11+/m1/s1. The Labute approximate surface area is 113 Å². The van der Waals surface area contributed by atoms with Crippen molar-refractivity contribution in [2.24, 2.45) is 5.41 Å². The van der Waals surface area contributed by atoms with Crippen molar-refractivity contribution in [1.82, 2.24) is 0 Å². The van der Waals surface area contributed by atoms with E-state index in [1.54, 1.807) is 40.7 Å². The zero-order chi connectivity index (χ0) is 14.6. The van der Waals surface area contributed by atoms with Crippen LogP contribution in [0.3, 0.4) is 0 Å². The molecule has 0 aromatic heterocycles. The van der Waals surface area contributed by atoms with Gasteiger partial charge in [-0.2, -0.15) is 0 Å². The normalized spacial score (nSPS) is 22.9. The van der Waals surface area contributed by atoms with Crippen LogP contribution in [0.1, 0.15) is 34.6 Å². The van der Waals surface area contributed by atoms with E-state index in [0.29, 0.717) is 12.2 Å². The van der Waals surface area contributed by atoms with Crippen molar-refractivity contribution >= 4 is 11.9 Å². The van der Waals surface area contributed by atoms with E-state index in [-0.39, 0.29) is 30.8 Å². The molecule has 19 heavy (non-hydrogen) atoms. The lowest BCUT2D eigenvalue weighted by molar-refractivity contribution is -0.153. The van der Waals surface area contributed by atoms with Gasteiger partial charge in [-0.1, -0.05) is 0 Å². The SMILES string of the molecule is CCOC(=O)/C(C)=C/[C@H]1O[C@H]1COC(=O)C(C)(C)C. The number of carbonyl (C=O) groups is 2. The van der Waals surface area contributed by atoms with E-state index >= 15 is 0 Å². The van der Waals surface area contributed by atoms with E-state index in [1.807, 2.05) is 0 Å². The minimum Gasteiger partial charge on any atom is -0.463 e. The van der Waals surface area contributed by atoms with Crippen LogP contribution >= 0.6 is 0 Å². The van der Waals surface area contributed by atoms with Crippen molar-refractivity contribution in [2.75, 3.05) is 13.2 Å². The van der Waals surface area contributed by atoms with E-state index in [9.17, 15) is 9.59 Å². The average molecular weight is 270 g/mol. The molecular weight excluding hydrogens is 248 g/mol. The summed E-state index contributed by atoms with van der Waals surface area (Å²) in [5.74, 6) is -0.601. The Kier molecular flexibility index (Phi) is 5.11. The van der Waals surface area contributed by atoms with E-state index in [2.05, 4.69) is 0 Å². The molecule has 1 fully saturated rings. The quantitative estimate of drug-likeness (QED) is 0.433. The molecule has 0 spiro atoms. The molecule has 0 saturated carbocycles. The fourth-order valence-electron chi connectivity index (χ4n) is 1.37. The molecule has 0 N–H and O–H groups in total. The molecule has 1 aliphatic heterocycles. The summed E-state index contributed by atoms with van der Waals surface area (Å²) in [5.41, 5.74) is -0.00218. The summed E-state index contributed by atoms with van der Waals surface area (Å²) in [6, 6.07) is 0. The van der Waals surface area contributed by atoms with Gasteiger partial charge in [0.25, 0.3) is 0 Å². The van der Waals surface area contributed by atoms with Crippen molar-refractivity contribution in [2.45, 2.75) is 46.8 Å². The predicted octanol–water partition coefficient (Wildman–Crippen LogP) is 1.85. The van der Waals surface area contributed by atoms with Gasteiger partial charge >= 0.3 is 11.9 Å². The molecule has 0 aromatic rings. The van der Waals surface area contributed by atoms with Crippen LogP contribution in [0.15, 0.2) is 11.6 Å². The fourth-order valence-corrected chi connectivity index (χ4v) is 1.37. The Morgan fingerprint density at radius 3 is 2.42 bits per heavy atom. The Bertz CT molecular complexity index is 378. The van der Waals surface area contributed by atoms with Crippen LogP contribution in [0, 0.1) is 5.41 Å². The molecule has 0 aromatic carbocycles. The third-order valence-electron chi connectivity index (χ3n) is 2.62.